The molecule has 0 spiro atoms. The molecule has 0 aliphatic rings. The van der Waals surface area contributed by atoms with Gasteiger partial charge in [0.05, 0.1) is 17.8 Å². The van der Waals surface area contributed by atoms with Crippen molar-refractivity contribution in [2.75, 3.05) is 13.2 Å². The fraction of sp³-hybridized carbons (Fsp3) is 0.538. The van der Waals surface area contributed by atoms with Crippen molar-refractivity contribution in [3.63, 3.8) is 0 Å². The summed E-state index contributed by atoms with van der Waals surface area (Å²) < 4.78 is 11.1. The van der Waals surface area contributed by atoms with E-state index in [9.17, 15) is 0 Å². The Labute approximate surface area is 113 Å². The summed E-state index contributed by atoms with van der Waals surface area (Å²) in [7, 11) is 0. The smallest absolute Gasteiger partial charge is 0.224 e. The number of pyridine rings is 1. The van der Waals surface area contributed by atoms with E-state index in [0.717, 1.165) is 5.56 Å². The van der Waals surface area contributed by atoms with E-state index in [1.807, 2.05) is 33.8 Å². The molecule has 0 unspecified atom stereocenters. The Bertz CT molecular complexity index is 427. The van der Waals surface area contributed by atoms with Crippen LogP contribution in [0.2, 0.25) is 0 Å². The lowest BCUT2D eigenvalue weighted by Gasteiger charge is -2.19. The largest absolute Gasteiger partial charge is 0.475 e. The van der Waals surface area contributed by atoms with E-state index in [1.165, 1.54) is 0 Å². The lowest BCUT2D eigenvalue weighted by Crippen LogP contribution is -2.23. The van der Waals surface area contributed by atoms with E-state index in [4.69, 9.17) is 27.4 Å². The molecule has 0 aliphatic carbocycles. The maximum Gasteiger partial charge on any atom is 0.224 e. The van der Waals surface area contributed by atoms with E-state index < -0.39 is 0 Å². The van der Waals surface area contributed by atoms with Gasteiger partial charge in [0.15, 0.2) is 0 Å². The highest BCUT2D eigenvalue weighted by molar-refractivity contribution is 7.80. The van der Waals surface area contributed by atoms with Crippen molar-refractivity contribution in [3.05, 3.63) is 23.4 Å². The number of aromatic nitrogens is 1. The second kappa shape index (κ2) is 6.11. The summed E-state index contributed by atoms with van der Waals surface area (Å²) in [5, 5.41) is 0. The Hall–Kier alpha value is -1.20. The Kier molecular flexibility index (Phi) is 5.04. The number of thiocarbonyl (C=S) groups is 1. The Morgan fingerprint density at radius 2 is 2.06 bits per heavy atom. The van der Waals surface area contributed by atoms with Crippen molar-refractivity contribution >= 4 is 17.2 Å². The predicted octanol–water partition coefficient (Wildman–Crippen LogP) is 2.22. The minimum Gasteiger partial charge on any atom is -0.475 e. The summed E-state index contributed by atoms with van der Waals surface area (Å²) in [6, 6.07) is 1.85. The number of nitrogens with zero attached hydrogens (tertiary/aromatic N) is 1. The second-order valence-electron chi connectivity index (χ2n) is 4.98. The third-order valence-electron chi connectivity index (χ3n) is 2.23. The average Bonchev–Trinajstić information content (AvgIpc) is 2.22. The molecule has 2 N–H and O–H groups in total. The molecule has 1 rings (SSSR count). The van der Waals surface area contributed by atoms with Crippen molar-refractivity contribution in [3.8, 4) is 5.88 Å². The van der Waals surface area contributed by atoms with Gasteiger partial charge in [-0.1, -0.05) is 12.2 Å². The molecular weight excluding hydrogens is 248 g/mol. The fourth-order valence-electron chi connectivity index (χ4n) is 1.43. The molecule has 0 fully saturated rings. The number of nitrogens with two attached hydrogens (primary N) is 1. The summed E-state index contributed by atoms with van der Waals surface area (Å²) in [4.78, 5) is 4.45. The number of rotatable bonds is 5. The van der Waals surface area contributed by atoms with Crippen LogP contribution in [0.15, 0.2) is 12.3 Å². The van der Waals surface area contributed by atoms with Crippen molar-refractivity contribution in [1.29, 1.82) is 0 Å². The van der Waals surface area contributed by atoms with Crippen LogP contribution in [0, 0.1) is 6.92 Å². The standard InChI is InChI=1S/C13H20N2O2S/c1-9-5-6-15-12(10(9)11(14)18)16-7-8-17-13(2,3)4/h5-6H,7-8H2,1-4H3,(H2,14,18). The van der Waals surface area contributed by atoms with Crippen molar-refractivity contribution < 1.29 is 9.47 Å². The van der Waals surface area contributed by atoms with Gasteiger partial charge < -0.3 is 15.2 Å². The molecular formula is C13H20N2O2S. The molecule has 5 heteroatoms. The van der Waals surface area contributed by atoms with Crippen LogP contribution in [0.3, 0.4) is 0 Å². The highest BCUT2D eigenvalue weighted by atomic mass is 32.1. The molecule has 1 aromatic heterocycles. The molecule has 0 saturated carbocycles. The van der Waals surface area contributed by atoms with Crippen LogP contribution in [0.1, 0.15) is 31.9 Å². The van der Waals surface area contributed by atoms with Gasteiger partial charge in [0.1, 0.15) is 11.6 Å². The van der Waals surface area contributed by atoms with Crippen LogP contribution in [-0.4, -0.2) is 28.8 Å². The summed E-state index contributed by atoms with van der Waals surface area (Å²) in [5.74, 6) is 0.472. The van der Waals surface area contributed by atoms with Gasteiger partial charge in [-0.2, -0.15) is 0 Å². The number of hydrogen-bond acceptors (Lipinski definition) is 4. The number of hydrogen-bond donors (Lipinski definition) is 1. The lowest BCUT2D eigenvalue weighted by atomic mass is 10.1. The van der Waals surface area contributed by atoms with Crippen molar-refractivity contribution in [2.45, 2.75) is 33.3 Å². The Morgan fingerprint density at radius 1 is 1.39 bits per heavy atom. The molecule has 0 radical (unpaired) electrons. The van der Waals surface area contributed by atoms with Crippen LogP contribution in [0.5, 0.6) is 5.88 Å². The van der Waals surface area contributed by atoms with Crippen molar-refractivity contribution in [2.24, 2.45) is 5.73 Å². The Balaban J connectivity index is 2.63. The van der Waals surface area contributed by atoms with Gasteiger partial charge in [-0.3, -0.25) is 0 Å². The van der Waals surface area contributed by atoms with Crippen LogP contribution in [0.4, 0.5) is 0 Å². The van der Waals surface area contributed by atoms with Crippen molar-refractivity contribution in [1.82, 2.24) is 4.98 Å². The minimum absolute atomic E-state index is 0.171. The number of ether oxygens (including phenoxy) is 2. The summed E-state index contributed by atoms with van der Waals surface area (Å²) in [5.41, 5.74) is 7.16. The highest BCUT2D eigenvalue weighted by Gasteiger charge is 2.12. The van der Waals surface area contributed by atoms with E-state index >= 15 is 0 Å². The van der Waals surface area contributed by atoms with Gasteiger partial charge in [-0.25, -0.2) is 4.98 Å². The topological polar surface area (TPSA) is 57.4 Å². The predicted molar refractivity (Wildman–Crippen MR) is 76.1 cm³/mol. The molecule has 0 saturated heterocycles. The Morgan fingerprint density at radius 3 is 2.61 bits per heavy atom. The quantitative estimate of drug-likeness (QED) is 0.655. The van der Waals surface area contributed by atoms with Gasteiger partial charge in [-0.05, 0) is 39.3 Å². The van der Waals surface area contributed by atoms with Gasteiger partial charge in [-0.15, -0.1) is 0 Å². The third kappa shape index (κ3) is 4.58. The maximum absolute atomic E-state index is 5.67. The summed E-state index contributed by atoms with van der Waals surface area (Å²) in [6.45, 7) is 8.84. The highest BCUT2D eigenvalue weighted by Crippen LogP contribution is 2.18. The zero-order chi connectivity index (χ0) is 13.8. The normalized spacial score (nSPS) is 11.3. The van der Waals surface area contributed by atoms with E-state index in [2.05, 4.69) is 4.98 Å². The molecule has 18 heavy (non-hydrogen) atoms. The van der Waals surface area contributed by atoms with Crippen LogP contribution < -0.4 is 10.5 Å². The first kappa shape index (κ1) is 14.9. The summed E-state index contributed by atoms with van der Waals surface area (Å²) in [6.07, 6.45) is 1.68. The van der Waals surface area contributed by atoms with E-state index in [0.29, 0.717) is 29.6 Å². The first-order valence-corrected chi connectivity index (χ1v) is 6.24. The minimum atomic E-state index is -0.171. The second-order valence-corrected chi connectivity index (χ2v) is 5.42. The molecule has 1 aromatic rings. The van der Waals surface area contributed by atoms with Gasteiger partial charge >= 0.3 is 0 Å². The first-order chi connectivity index (χ1) is 8.31. The zero-order valence-electron chi connectivity index (χ0n) is 11.3. The lowest BCUT2D eigenvalue weighted by molar-refractivity contribution is -0.0168. The average molecular weight is 268 g/mol. The molecule has 0 bridgehead atoms. The molecule has 0 aliphatic heterocycles. The fourth-order valence-corrected chi connectivity index (χ4v) is 1.68. The number of aryl methyl sites for hydroxylation is 1. The van der Waals surface area contributed by atoms with Gasteiger partial charge in [0.25, 0.3) is 0 Å². The van der Waals surface area contributed by atoms with E-state index in [-0.39, 0.29) is 5.60 Å². The molecule has 1 heterocycles. The summed E-state index contributed by atoms with van der Waals surface area (Å²) >= 11 is 5.00. The van der Waals surface area contributed by atoms with Crippen LogP contribution in [0.25, 0.3) is 0 Å². The molecule has 4 nitrogen and oxygen atoms in total. The third-order valence-corrected chi connectivity index (χ3v) is 2.43. The monoisotopic (exact) mass is 268 g/mol. The molecule has 0 atom stereocenters. The molecule has 0 aromatic carbocycles. The maximum atomic E-state index is 5.67. The molecule has 0 amide bonds. The SMILES string of the molecule is Cc1ccnc(OCCOC(C)(C)C)c1C(N)=S. The van der Waals surface area contributed by atoms with Gasteiger partial charge in [0, 0.05) is 6.20 Å². The van der Waals surface area contributed by atoms with Crippen LogP contribution in [-0.2, 0) is 4.74 Å². The zero-order valence-corrected chi connectivity index (χ0v) is 12.1. The molecule has 100 valence electrons. The first-order valence-electron chi connectivity index (χ1n) is 5.83. The van der Waals surface area contributed by atoms with Gasteiger partial charge in [0.2, 0.25) is 5.88 Å². The van der Waals surface area contributed by atoms with Crippen LogP contribution >= 0.6 is 12.2 Å². The van der Waals surface area contributed by atoms with E-state index in [1.54, 1.807) is 6.20 Å².